The lowest BCUT2D eigenvalue weighted by Gasteiger charge is -2.08. The van der Waals surface area contributed by atoms with E-state index in [9.17, 15) is 9.90 Å². The van der Waals surface area contributed by atoms with Crippen LogP contribution in [0.15, 0.2) is 72.9 Å². The predicted octanol–water partition coefficient (Wildman–Crippen LogP) is 5.04. The van der Waals surface area contributed by atoms with Gasteiger partial charge in [0.25, 0.3) is 0 Å². The first-order valence-electron chi connectivity index (χ1n) is 8.89. The van der Waals surface area contributed by atoms with E-state index in [0.717, 1.165) is 11.3 Å². The quantitative estimate of drug-likeness (QED) is 0.331. The number of hydrogen-bond donors (Lipinski definition) is 1. The first kappa shape index (κ1) is 19.6. The lowest BCUT2D eigenvalue weighted by molar-refractivity contribution is 0.104. The molecule has 0 saturated heterocycles. The van der Waals surface area contributed by atoms with Crippen molar-refractivity contribution in [3.63, 3.8) is 0 Å². The van der Waals surface area contributed by atoms with Crippen molar-refractivity contribution in [2.24, 2.45) is 0 Å². The summed E-state index contributed by atoms with van der Waals surface area (Å²) in [4.78, 5) is 16.8. The van der Waals surface area contributed by atoms with Gasteiger partial charge in [-0.2, -0.15) is 0 Å². The maximum atomic E-state index is 12.5. The van der Waals surface area contributed by atoms with Gasteiger partial charge in [0, 0.05) is 23.2 Å². The van der Waals surface area contributed by atoms with Crippen molar-refractivity contribution < 1.29 is 14.6 Å². The van der Waals surface area contributed by atoms with Gasteiger partial charge in [-0.3, -0.25) is 9.78 Å². The second-order valence-electron chi connectivity index (χ2n) is 6.13. The number of halogens is 1. The summed E-state index contributed by atoms with van der Waals surface area (Å²) in [6.07, 6.45) is 5.45. The molecule has 5 heteroatoms. The van der Waals surface area contributed by atoms with E-state index in [2.05, 4.69) is 4.98 Å². The minimum Gasteiger partial charge on any atom is -0.508 e. The van der Waals surface area contributed by atoms with Crippen molar-refractivity contribution in [2.45, 2.75) is 13.0 Å². The Labute approximate surface area is 169 Å². The maximum Gasteiger partial charge on any atom is 0.185 e. The molecule has 0 unspecified atom stereocenters. The van der Waals surface area contributed by atoms with Crippen molar-refractivity contribution in [3.8, 4) is 11.5 Å². The number of aromatic hydroxyl groups is 1. The Morgan fingerprint density at radius 3 is 2.71 bits per heavy atom. The molecule has 0 aliphatic carbocycles. The van der Waals surface area contributed by atoms with Crippen LogP contribution in [-0.4, -0.2) is 21.8 Å². The summed E-state index contributed by atoms with van der Waals surface area (Å²) in [6, 6.07) is 18.0. The van der Waals surface area contributed by atoms with Gasteiger partial charge in [-0.15, -0.1) is 11.6 Å². The summed E-state index contributed by atoms with van der Waals surface area (Å²) in [6.45, 7) is 0.347. The van der Waals surface area contributed by atoms with E-state index in [0.29, 0.717) is 35.8 Å². The Balaban J connectivity index is 1.73. The fourth-order valence-electron chi connectivity index (χ4n) is 2.69. The molecule has 0 radical (unpaired) electrons. The number of aromatic nitrogens is 1. The lowest BCUT2D eigenvalue weighted by Crippen LogP contribution is -1.99. The lowest BCUT2D eigenvalue weighted by atomic mass is 10.0. The molecule has 0 bridgehead atoms. The Bertz CT molecular complexity index is 971. The third-order valence-corrected chi connectivity index (χ3v) is 4.35. The van der Waals surface area contributed by atoms with Gasteiger partial charge in [0.1, 0.15) is 18.1 Å². The Morgan fingerprint density at radius 1 is 1.11 bits per heavy atom. The van der Waals surface area contributed by atoms with Crippen molar-refractivity contribution in [1.29, 1.82) is 0 Å². The second-order valence-corrected chi connectivity index (χ2v) is 6.51. The highest BCUT2D eigenvalue weighted by atomic mass is 35.5. The molecule has 0 saturated carbocycles. The van der Waals surface area contributed by atoms with Gasteiger partial charge in [0.15, 0.2) is 5.78 Å². The zero-order valence-corrected chi connectivity index (χ0v) is 16.0. The third kappa shape index (κ3) is 5.21. The SMILES string of the molecule is O=C(/C=C/c1ccccc1OCc1ccccn1)c1ccc(O)c(CCCl)c1. The maximum absolute atomic E-state index is 12.5. The van der Waals surface area contributed by atoms with Crippen LogP contribution in [0.4, 0.5) is 0 Å². The monoisotopic (exact) mass is 393 g/mol. The number of benzene rings is 2. The number of hydrogen-bond acceptors (Lipinski definition) is 4. The number of alkyl halides is 1. The number of aryl methyl sites for hydroxylation is 1. The minimum atomic E-state index is -0.157. The summed E-state index contributed by atoms with van der Waals surface area (Å²) >= 11 is 5.74. The third-order valence-electron chi connectivity index (χ3n) is 4.16. The van der Waals surface area contributed by atoms with Crippen molar-refractivity contribution >= 4 is 23.5 Å². The molecule has 0 aliphatic heterocycles. The number of allylic oxidation sites excluding steroid dienone is 1. The highest BCUT2D eigenvalue weighted by Gasteiger charge is 2.08. The Hall–Kier alpha value is -3.11. The molecule has 3 aromatic rings. The van der Waals surface area contributed by atoms with E-state index in [-0.39, 0.29) is 11.5 Å². The molecule has 1 aromatic heterocycles. The minimum absolute atomic E-state index is 0.148. The van der Waals surface area contributed by atoms with Gasteiger partial charge >= 0.3 is 0 Å². The number of phenolic OH excluding ortho intramolecular Hbond substituents is 1. The number of ketones is 1. The number of ether oxygens (including phenoxy) is 1. The topological polar surface area (TPSA) is 59.4 Å². The first-order valence-corrected chi connectivity index (χ1v) is 9.43. The molecular formula is C23H20ClNO3. The molecule has 1 heterocycles. The van der Waals surface area contributed by atoms with Gasteiger partial charge < -0.3 is 9.84 Å². The van der Waals surface area contributed by atoms with E-state index in [1.807, 2.05) is 42.5 Å². The molecule has 142 valence electrons. The Morgan fingerprint density at radius 2 is 1.93 bits per heavy atom. The van der Waals surface area contributed by atoms with Crippen molar-refractivity contribution in [3.05, 3.63) is 95.3 Å². The van der Waals surface area contributed by atoms with Crippen LogP contribution in [-0.2, 0) is 13.0 Å². The highest BCUT2D eigenvalue weighted by Crippen LogP contribution is 2.22. The molecule has 1 N–H and O–H groups in total. The molecule has 0 spiro atoms. The predicted molar refractivity (Wildman–Crippen MR) is 111 cm³/mol. The summed E-state index contributed by atoms with van der Waals surface area (Å²) < 4.78 is 5.86. The van der Waals surface area contributed by atoms with E-state index in [1.54, 1.807) is 24.4 Å². The molecule has 28 heavy (non-hydrogen) atoms. The van der Waals surface area contributed by atoms with E-state index in [1.165, 1.54) is 12.1 Å². The molecule has 3 rings (SSSR count). The molecule has 4 nitrogen and oxygen atoms in total. The van der Waals surface area contributed by atoms with Crippen LogP contribution in [0.5, 0.6) is 11.5 Å². The van der Waals surface area contributed by atoms with Gasteiger partial charge in [0.2, 0.25) is 0 Å². The fraction of sp³-hybridized carbons (Fsp3) is 0.130. The molecular weight excluding hydrogens is 374 g/mol. The zero-order valence-electron chi connectivity index (χ0n) is 15.2. The second kappa shape index (κ2) is 9.72. The number of nitrogens with zero attached hydrogens (tertiary/aromatic N) is 1. The molecule has 0 aliphatic rings. The molecule has 0 atom stereocenters. The highest BCUT2D eigenvalue weighted by molar-refractivity contribution is 6.18. The van der Waals surface area contributed by atoms with E-state index in [4.69, 9.17) is 16.3 Å². The van der Waals surface area contributed by atoms with Gasteiger partial charge in [-0.05, 0) is 60.5 Å². The average molecular weight is 394 g/mol. The van der Waals surface area contributed by atoms with E-state index < -0.39 is 0 Å². The van der Waals surface area contributed by atoms with Crippen LogP contribution >= 0.6 is 11.6 Å². The molecule has 0 amide bonds. The standard InChI is InChI=1S/C23H20ClNO3/c24-13-12-19-15-18(9-11-22(19)27)21(26)10-8-17-5-1-2-7-23(17)28-16-20-6-3-4-14-25-20/h1-11,14-15,27H,12-13,16H2/b10-8+. The summed E-state index contributed by atoms with van der Waals surface area (Å²) in [5.74, 6) is 1.04. The number of carbonyl (C=O) groups is 1. The number of para-hydroxylation sites is 1. The Kier molecular flexibility index (Phi) is 6.82. The van der Waals surface area contributed by atoms with Crippen LogP contribution in [0.25, 0.3) is 6.08 Å². The number of carbonyl (C=O) groups excluding carboxylic acids is 1. The number of pyridine rings is 1. The van der Waals surface area contributed by atoms with Crippen LogP contribution < -0.4 is 4.74 Å². The zero-order chi connectivity index (χ0) is 19.8. The number of rotatable bonds is 8. The largest absolute Gasteiger partial charge is 0.508 e. The van der Waals surface area contributed by atoms with Gasteiger partial charge in [-0.1, -0.05) is 24.3 Å². The summed E-state index contributed by atoms with van der Waals surface area (Å²) in [5.41, 5.74) is 2.79. The van der Waals surface area contributed by atoms with Crippen LogP contribution in [0.3, 0.4) is 0 Å². The van der Waals surface area contributed by atoms with Gasteiger partial charge in [-0.25, -0.2) is 0 Å². The smallest absolute Gasteiger partial charge is 0.185 e. The normalized spacial score (nSPS) is 10.9. The van der Waals surface area contributed by atoms with Crippen LogP contribution in [0.2, 0.25) is 0 Å². The first-order chi connectivity index (χ1) is 13.7. The van der Waals surface area contributed by atoms with Crippen LogP contribution in [0.1, 0.15) is 27.2 Å². The van der Waals surface area contributed by atoms with E-state index >= 15 is 0 Å². The molecule has 0 fully saturated rings. The van der Waals surface area contributed by atoms with Crippen molar-refractivity contribution in [1.82, 2.24) is 4.98 Å². The average Bonchev–Trinajstić information content (AvgIpc) is 2.73. The van der Waals surface area contributed by atoms with Crippen LogP contribution in [0, 0.1) is 0 Å². The summed E-state index contributed by atoms with van der Waals surface area (Å²) in [7, 11) is 0. The fourth-order valence-corrected chi connectivity index (χ4v) is 2.89. The van der Waals surface area contributed by atoms with Gasteiger partial charge in [0.05, 0.1) is 5.69 Å². The number of phenols is 1. The summed E-state index contributed by atoms with van der Waals surface area (Å²) in [5, 5.41) is 9.84. The molecule has 2 aromatic carbocycles. The van der Waals surface area contributed by atoms with Crippen molar-refractivity contribution in [2.75, 3.05) is 5.88 Å².